The highest BCUT2D eigenvalue weighted by Crippen LogP contribution is 2.22. The third-order valence-corrected chi connectivity index (χ3v) is 2.00. The Morgan fingerprint density at radius 2 is 2.00 bits per heavy atom. The molecule has 0 aromatic heterocycles. The highest BCUT2D eigenvalue weighted by Gasteiger charge is 2.19. The van der Waals surface area contributed by atoms with Crippen molar-refractivity contribution >= 4 is 6.21 Å². The van der Waals surface area contributed by atoms with Crippen LogP contribution in [0, 0.1) is 11.3 Å². The van der Waals surface area contributed by atoms with E-state index in [0.29, 0.717) is 0 Å². The van der Waals surface area contributed by atoms with E-state index in [1.165, 1.54) is 12.6 Å². The van der Waals surface area contributed by atoms with Crippen LogP contribution in [0.15, 0.2) is 0 Å². The normalized spacial score (nSPS) is 36.1. The first-order chi connectivity index (χ1) is 4.34. The Kier molecular flexibility index (Phi) is 2.22. The van der Waals surface area contributed by atoms with Gasteiger partial charge in [-0.2, -0.15) is 0 Å². The lowest BCUT2D eigenvalue weighted by atomic mass is 9.88. The van der Waals surface area contributed by atoms with E-state index in [4.69, 9.17) is 5.41 Å². The molecule has 0 aliphatic heterocycles. The van der Waals surface area contributed by atoms with Crippen LogP contribution in [-0.4, -0.2) is 17.4 Å². The van der Waals surface area contributed by atoms with Crippen LogP contribution in [0.4, 0.5) is 0 Å². The van der Waals surface area contributed by atoms with Crippen molar-refractivity contribution in [3.63, 3.8) is 0 Å². The summed E-state index contributed by atoms with van der Waals surface area (Å²) >= 11 is 0. The first-order valence-corrected chi connectivity index (χ1v) is 3.53. The second-order valence-electron chi connectivity index (χ2n) is 2.68. The molecule has 0 amide bonds. The number of hydrogen-bond donors (Lipinski definition) is 2. The second kappa shape index (κ2) is 2.97. The third kappa shape index (κ3) is 1.52. The van der Waals surface area contributed by atoms with Crippen molar-refractivity contribution in [3.8, 4) is 0 Å². The van der Waals surface area contributed by atoms with Crippen LogP contribution in [-0.2, 0) is 0 Å². The second-order valence-corrected chi connectivity index (χ2v) is 2.68. The average molecular weight is 127 g/mol. The SMILES string of the molecule is N=C[C@H]1CCCC[C@@H]1O. The Bertz CT molecular complexity index is 103. The van der Waals surface area contributed by atoms with Crippen molar-refractivity contribution in [2.45, 2.75) is 31.8 Å². The summed E-state index contributed by atoms with van der Waals surface area (Å²) in [7, 11) is 0. The van der Waals surface area contributed by atoms with Crippen LogP contribution >= 0.6 is 0 Å². The molecule has 1 saturated carbocycles. The highest BCUT2D eigenvalue weighted by molar-refractivity contribution is 5.57. The van der Waals surface area contributed by atoms with Crippen LogP contribution in [0.3, 0.4) is 0 Å². The maximum absolute atomic E-state index is 9.22. The lowest BCUT2D eigenvalue weighted by Crippen LogP contribution is -2.24. The Labute approximate surface area is 55.4 Å². The number of rotatable bonds is 1. The summed E-state index contributed by atoms with van der Waals surface area (Å²) in [5, 5.41) is 16.2. The van der Waals surface area contributed by atoms with Crippen molar-refractivity contribution in [1.82, 2.24) is 0 Å². The molecule has 1 rings (SSSR count). The Morgan fingerprint density at radius 3 is 2.44 bits per heavy atom. The number of aliphatic hydroxyl groups is 1. The van der Waals surface area contributed by atoms with Gasteiger partial charge in [-0.25, -0.2) is 0 Å². The van der Waals surface area contributed by atoms with Gasteiger partial charge in [0.25, 0.3) is 0 Å². The third-order valence-electron chi connectivity index (χ3n) is 2.00. The zero-order valence-electron chi connectivity index (χ0n) is 5.51. The molecule has 1 aliphatic rings. The molecule has 2 nitrogen and oxygen atoms in total. The molecule has 0 saturated heterocycles. The summed E-state index contributed by atoms with van der Waals surface area (Å²) in [4.78, 5) is 0. The van der Waals surface area contributed by atoms with Crippen molar-refractivity contribution in [1.29, 1.82) is 5.41 Å². The number of aliphatic hydroxyl groups excluding tert-OH is 1. The van der Waals surface area contributed by atoms with Crippen molar-refractivity contribution in [2.24, 2.45) is 5.92 Å². The Balaban J connectivity index is 2.38. The zero-order chi connectivity index (χ0) is 6.69. The largest absolute Gasteiger partial charge is 0.392 e. The summed E-state index contributed by atoms with van der Waals surface area (Å²) in [5.74, 6) is 0.152. The molecule has 0 radical (unpaired) electrons. The minimum Gasteiger partial charge on any atom is -0.392 e. The van der Waals surface area contributed by atoms with Gasteiger partial charge in [0.1, 0.15) is 0 Å². The smallest absolute Gasteiger partial charge is 0.0617 e. The van der Waals surface area contributed by atoms with E-state index in [1.807, 2.05) is 0 Å². The molecule has 2 atom stereocenters. The van der Waals surface area contributed by atoms with Gasteiger partial charge in [0.15, 0.2) is 0 Å². The molecular weight excluding hydrogens is 114 g/mol. The molecule has 9 heavy (non-hydrogen) atoms. The topological polar surface area (TPSA) is 44.1 Å². The fourth-order valence-corrected chi connectivity index (χ4v) is 1.33. The zero-order valence-corrected chi connectivity index (χ0v) is 5.51. The fourth-order valence-electron chi connectivity index (χ4n) is 1.33. The van der Waals surface area contributed by atoms with Gasteiger partial charge in [0.05, 0.1) is 6.10 Å². The van der Waals surface area contributed by atoms with E-state index in [9.17, 15) is 5.11 Å². The molecule has 1 aliphatic carbocycles. The molecule has 0 aromatic rings. The molecule has 0 unspecified atom stereocenters. The van der Waals surface area contributed by atoms with Gasteiger partial charge in [-0.3, -0.25) is 0 Å². The monoisotopic (exact) mass is 127 g/mol. The Hall–Kier alpha value is -0.370. The predicted molar refractivity (Wildman–Crippen MR) is 36.7 cm³/mol. The van der Waals surface area contributed by atoms with Crippen molar-refractivity contribution < 1.29 is 5.11 Å². The van der Waals surface area contributed by atoms with Gasteiger partial charge in [0.2, 0.25) is 0 Å². The van der Waals surface area contributed by atoms with E-state index >= 15 is 0 Å². The summed E-state index contributed by atoms with van der Waals surface area (Å²) in [6.07, 6.45) is 5.35. The summed E-state index contributed by atoms with van der Waals surface area (Å²) in [6.45, 7) is 0. The average Bonchev–Trinajstić information content (AvgIpc) is 1.89. The molecule has 1 fully saturated rings. The number of nitrogens with one attached hydrogen (secondary N) is 1. The summed E-state index contributed by atoms with van der Waals surface area (Å²) in [5.41, 5.74) is 0. The van der Waals surface area contributed by atoms with Gasteiger partial charge >= 0.3 is 0 Å². The van der Waals surface area contributed by atoms with E-state index < -0.39 is 0 Å². The van der Waals surface area contributed by atoms with Crippen LogP contribution in [0.2, 0.25) is 0 Å². The molecular formula is C7H13NO. The molecule has 2 heteroatoms. The fraction of sp³-hybridized carbons (Fsp3) is 0.857. The maximum atomic E-state index is 9.22. The molecule has 0 bridgehead atoms. The van der Waals surface area contributed by atoms with Crippen LogP contribution in [0.1, 0.15) is 25.7 Å². The predicted octanol–water partition coefficient (Wildman–Crippen LogP) is 1.19. The highest BCUT2D eigenvalue weighted by atomic mass is 16.3. The quantitative estimate of drug-likeness (QED) is 0.510. The molecule has 0 spiro atoms. The molecule has 0 heterocycles. The minimum absolute atomic E-state index is 0.152. The van der Waals surface area contributed by atoms with Gasteiger partial charge in [-0.05, 0) is 12.8 Å². The van der Waals surface area contributed by atoms with Gasteiger partial charge < -0.3 is 10.5 Å². The first-order valence-electron chi connectivity index (χ1n) is 3.53. The lowest BCUT2D eigenvalue weighted by Gasteiger charge is -2.23. The van der Waals surface area contributed by atoms with E-state index in [0.717, 1.165) is 19.3 Å². The molecule has 52 valence electrons. The Morgan fingerprint density at radius 1 is 1.33 bits per heavy atom. The van der Waals surface area contributed by atoms with E-state index in [-0.39, 0.29) is 12.0 Å². The van der Waals surface area contributed by atoms with Crippen molar-refractivity contribution in [2.75, 3.05) is 0 Å². The van der Waals surface area contributed by atoms with Crippen LogP contribution in [0.5, 0.6) is 0 Å². The minimum atomic E-state index is -0.226. The van der Waals surface area contributed by atoms with E-state index in [2.05, 4.69) is 0 Å². The maximum Gasteiger partial charge on any atom is 0.0617 e. The standard InChI is InChI=1S/C7H13NO/c8-5-6-3-1-2-4-7(6)9/h5-9H,1-4H2/t6-,7+/m1/s1. The van der Waals surface area contributed by atoms with Gasteiger partial charge in [-0.1, -0.05) is 12.8 Å². The van der Waals surface area contributed by atoms with E-state index in [1.54, 1.807) is 0 Å². The number of hydrogen-bond acceptors (Lipinski definition) is 2. The first kappa shape index (κ1) is 6.75. The van der Waals surface area contributed by atoms with Gasteiger partial charge in [-0.15, -0.1) is 0 Å². The van der Waals surface area contributed by atoms with Crippen LogP contribution < -0.4 is 0 Å². The molecule has 0 aromatic carbocycles. The summed E-state index contributed by atoms with van der Waals surface area (Å²) < 4.78 is 0. The lowest BCUT2D eigenvalue weighted by molar-refractivity contribution is 0.103. The van der Waals surface area contributed by atoms with Crippen molar-refractivity contribution in [3.05, 3.63) is 0 Å². The van der Waals surface area contributed by atoms with Gasteiger partial charge in [0, 0.05) is 12.1 Å². The van der Waals surface area contributed by atoms with Crippen LogP contribution in [0.25, 0.3) is 0 Å². The molecule has 2 N–H and O–H groups in total. The summed E-state index contributed by atoms with van der Waals surface area (Å²) in [6, 6.07) is 0.